The molecule has 2 amide bonds. The molecule has 0 fully saturated rings. The van der Waals surface area contributed by atoms with E-state index in [1.165, 1.54) is 12.2 Å². The molecule has 0 aliphatic carbocycles. The molecule has 0 saturated heterocycles. The van der Waals surface area contributed by atoms with Crippen molar-refractivity contribution in [1.82, 2.24) is 10.2 Å². The summed E-state index contributed by atoms with van der Waals surface area (Å²) in [5.74, 6) is -0.446. The summed E-state index contributed by atoms with van der Waals surface area (Å²) < 4.78 is 0. The number of rotatable bonds is 8. The first-order valence-corrected chi connectivity index (χ1v) is 5.47. The van der Waals surface area contributed by atoms with Gasteiger partial charge in [-0.15, -0.1) is 0 Å². The summed E-state index contributed by atoms with van der Waals surface area (Å²) in [4.78, 5) is 24.0. The molecule has 0 spiro atoms. The highest BCUT2D eigenvalue weighted by molar-refractivity contribution is 5.89. The van der Waals surface area contributed by atoms with Crippen molar-refractivity contribution in [1.29, 1.82) is 0 Å². The summed E-state index contributed by atoms with van der Waals surface area (Å²) in [6.45, 7) is 9.72. The Hall–Kier alpha value is -1.58. The summed E-state index contributed by atoms with van der Waals surface area (Å²) >= 11 is 0. The predicted octanol–water partition coefficient (Wildman–Crippen LogP) is 1.45. The Bertz CT molecular complexity index is 262. The Morgan fingerprint density at radius 2 is 1.94 bits per heavy atom. The van der Waals surface area contributed by atoms with Crippen molar-refractivity contribution in [2.24, 2.45) is 0 Å². The minimum absolute atomic E-state index is 0.166. The van der Waals surface area contributed by atoms with Gasteiger partial charge in [0, 0.05) is 6.54 Å². The molecule has 0 radical (unpaired) electrons. The van der Waals surface area contributed by atoms with Crippen LogP contribution in [0.4, 0.5) is 0 Å². The lowest BCUT2D eigenvalue weighted by molar-refractivity contribution is -0.127. The van der Waals surface area contributed by atoms with Gasteiger partial charge in [-0.05, 0) is 18.6 Å². The van der Waals surface area contributed by atoms with Gasteiger partial charge in [0.1, 0.15) is 0 Å². The maximum atomic E-state index is 11.4. The van der Waals surface area contributed by atoms with Gasteiger partial charge in [-0.3, -0.25) is 9.59 Å². The van der Waals surface area contributed by atoms with Gasteiger partial charge in [-0.25, -0.2) is 0 Å². The van der Waals surface area contributed by atoms with Crippen LogP contribution < -0.4 is 5.32 Å². The van der Waals surface area contributed by atoms with Crippen molar-refractivity contribution in [3.05, 3.63) is 25.3 Å². The van der Waals surface area contributed by atoms with Gasteiger partial charge < -0.3 is 10.2 Å². The predicted molar refractivity (Wildman–Crippen MR) is 64.6 cm³/mol. The fourth-order valence-electron chi connectivity index (χ4n) is 1.19. The van der Waals surface area contributed by atoms with Gasteiger partial charge in [-0.2, -0.15) is 0 Å². The summed E-state index contributed by atoms with van der Waals surface area (Å²) in [6.07, 6.45) is 5.53. The van der Waals surface area contributed by atoms with E-state index >= 15 is 0 Å². The minimum Gasteiger partial charge on any atom is -0.335 e. The molecule has 0 aromatic heterocycles. The van der Waals surface area contributed by atoms with Gasteiger partial charge in [0.15, 0.2) is 0 Å². The Balaban J connectivity index is 4.09. The van der Waals surface area contributed by atoms with E-state index < -0.39 is 0 Å². The van der Waals surface area contributed by atoms with Crippen LogP contribution >= 0.6 is 0 Å². The zero-order valence-corrected chi connectivity index (χ0v) is 9.87. The lowest BCUT2D eigenvalue weighted by Crippen LogP contribution is -2.40. The summed E-state index contributed by atoms with van der Waals surface area (Å²) in [7, 11) is 0. The third kappa shape index (κ3) is 6.01. The molecule has 4 nitrogen and oxygen atoms in total. The highest BCUT2D eigenvalue weighted by Crippen LogP contribution is 1.98. The molecule has 0 aromatic carbocycles. The van der Waals surface area contributed by atoms with Crippen molar-refractivity contribution in [2.75, 3.05) is 13.2 Å². The van der Waals surface area contributed by atoms with Crippen molar-refractivity contribution >= 4 is 11.8 Å². The van der Waals surface area contributed by atoms with E-state index in [4.69, 9.17) is 0 Å². The number of amides is 2. The highest BCUT2D eigenvalue weighted by Gasteiger charge is 2.09. The van der Waals surface area contributed by atoms with Crippen LogP contribution in [0.2, 0.25) is 0 Å². The van der Waals surface area contributed by atoms with Crippen LogP contribution in [0.5, 0.6) is 0 Å². The van der Waals surface area contributed by atoms with Crippen LogP contribution in [-0.4, -0.2) is 29.9 Å². The lowest BCUT2D eigenvalue weighted by Gasteiger charge is -2.21. The average Bonchev–Trinajstić information content (AvgIpc) is 2.32. The summed E-state index contributed by atoms with van der Waals surface area (Å²) in [6, 6.07) is 0. The lowest BCUT2D eigenvalue weighted by atomic mass is 10.2. The van der Waals surface area contributed by atoms with Crippen LogP contribution in [0.3, 0.4) is 0 Å². The summed E-state index contributed by atoms with van der Waals surface area (Å²) in [5.41, 5.74) is 0. The zero-order valence-electron chi connectivity index (χ0n) is 9.87. The van der Waals surface area contributed by atoms with E-state index in [9.17, 15) is 9.59 Å². The van der Waals surface area contributed by atoms with Gasteiger partial charge in [0.25, 0.3) is 0 Å². The monoisotopic (exact) mass is 224 g/mol. The standard InChI is InChI=1S/C12H20N2O2/c1-4-7-8-9-14(12(16)6-3)10-13-11(15)5-2/h5-6H,2-4,7-10H2,1H3,(H,13,15). The molecule has 0 heterocycles. The quantitative estimate of drug-likeness (QED) is 0.385. The molecule has 90 valence electrons. The number of hydrogen-bond donors (Lipinski definition) is 1. The first kappa shape index (κ1) is 14.4. The average molecular weight is 224 g/mol. The van der Waals surface area contributed by atoms with Crippen molar-refractivity contribution in [3.63, 3.8) is 0 Å². The van der Waals surface area contributed by atoms with Crippen LogP contribution in [0.15, 0.2) is 25.3 Å². The number of unbranched alkanes of at least 4 members (excludes halogenated alkanes) is 2. The molecule has 1 N–H and O–H groups in total. The number of nitrogens with one attached hydrogen (secondary N) is 1. The Labute approximate surface area is 97.0 Å². The third-order valence-corrected chi connectivity index (χ3v) is 2.15. The van der Waals surface area contributed by atoms with Crippen molar-refractivity contribution in [2.45, 2.75) is 26.2 Å². The second-order valence-corrected chi connectivity index (χ2v) is 3.42. The zero-order chi connectivity index (χ0) is 12.4. The number of carbonyl (C=O) groups is 2. The first-order valence-electron chi connectivity index (χ1n) is 5.47. The number of hydrogen-bond acceptors (Lipinski definition) is 2. The van der Waals surface area contributed by atoms with E-state index in [1.807, 2.05) is 0 Å². The molecule has 0 unspecified atom stereocenters. The molecule has 0 atom stereocenters. The Morgan fingerprint density at radius 1 is 1.25 bits per heavy atom. The normalized spacial score (nSPS) is 9.31. The van der Waals surface area contributed by atoms with E-state index in [0.29, 0.717) is 6.54 Å². The Morgan fingerprint density at radius 3 is 2.44 bits per heavy atom. The molecule has 0 aliphatic rings. The molecule has 0 rings (SSSR count). The van der Waals surface area contributed by atoms with Crippen LogP contribution in [0, 0.1) is 0 Å². The molecule has 0 saturated carbocycles. The summed E-state index contributed by atoms with van der Waals surface area (Å²) in [5, 5.41) is 2.57. The highest BCUT2D eigenvalue weighted by atomic mass is 16.2. The SMILES string of the molecule is C=CC(=O)NCN(CCCCC)C(=O)C=C. The van der Waals surface area contributed by atoms with Gasteiger partial charge in [-0.1, -0.05) is 32.9 Å². The van der Waals surface area contributed by atoms with Crippen LogP contribution in [0.25, 0.3) is 0 Å². The maximum Gasteiger partial charge on any atom is 0.247 e. The topological polar surface area (TPSA) is 49.4 Å². The van der Waals surface area contributed by atoms with E-state index in [-0.39, 0.29) is 18.5 Å². The molecular weight excluding hydrogens is 204 g/mol. The van der Waals surface area contributed by atoms with E-state index in [2.05, 4.69) is 25.4 Å². The van der Waals surface area contributed by atoms with Gasteiger partial charge in [0.2, 0.25) is 11.8 Å². The van der Waals surface area contributed by atoms with E-state index in [0.717, 1.165) is 19.3 Å². The van der Waals surface area contributed by atoms with Crippen LogP contribution in [-0.2, 0) is 9.59 Å². The van der Waals surface area contributed by atoms with Crippen LogP contribution in [0.1, 0.15) is 26.2 Å². The number of carbonyl (C=O) groups excluding carboxylic acids is 2. The van der Waals surface area contributed by atoms with Gasteiger partial charge >= 0.3 is 0 Å². The fourth-order valence-corrected chi connectivity index (χ4v) is 1.19. The molecule has 4 heteroatoms. The fraction of sp³-hybridized carbons (Fsp3) is 0.500. The van der Waals surface area contributed by atoms with Crippen molar-refractivity contribution < 1.29 is 9.59 Å². The second kappa shape index (κ2) is 8.71. The van der Waals surface area contributed by atoms with Gasteiger partial charge in [0.05, 0.1) is 6.67 Å². The number of nitrogens with zero attached hydrogens (tertiary/aromatic N) is 1. The minimum atomic E-state index is -0.280. The molecule has 0 aliphatic heterocycles. The van der Waals surface area contributed by atoms with Crippen molar-refractivity contribution in [3.8, 4) is 0 Å². The molecule has 0 aromatic rings. The third-order valence-electron chi connectivity index (χ3n) is 2.15. The molecule has 0 bridgehead atoms. The Kier molecular flexibility index (Phi) is 7.85. The largest absolute Gasteiger partial charge is 0.335 e. The smallest absolute Gasteiger partial charge is 0.247 e. The van der Waals surface area contributed by atoms with E-state index in [1.54, 1.807) is 4.90 Å². The molecule has 16 heavy (non-hydrogen) atoms. The second-order valence-electron chi connectivity index (χ2n) is 3.42. The first-order chi connectivity index (χ1) is 7.65. The maximum absolute atomic E-state index is 11.4. The molecular formula is C12H20N2O2.